The maximum absolute atomic E-state index is 6.64. The first-order valence-electron chi connectivity index (χ1n) is 8.19. The third-order valence-electron chi connectivity index (χ3n) is 5.01. The van der Waals surface area contributed by atoms with E-state index in [2.05, 4.69) is 26.9 Å². The molecule has 0 aromatic rings. The summed E-state index contributed by atoms with van der Waals surface area (Å²) in [6, 6.07) is 1.84. The summed E-state index contributed by atoms with van der Waals surface area (Å²) in [6.07, 6.45) is 2.98. The summed E-state index contributed by atoms with van der Waals surface area (Å²) < 4.78 is 31.1. The van der Waals surface area contributed by atoms with Crippen LogP contribution in [0.1, 0.15) is 33.1 Å². The Morgan fingerprint density at radius 1 is 0.955 bits per heavy atom. The van der Waals surface area contributed by atoms with Gasteiger partial charge in [-0.05, 0) is 25.6 Å². The van der Waals surface area contributed by atoms with Gasteiger partial charge in [0.05, 0.1) is 0 Å². The lowest BCUT2D eigenvalue weighted by molar-refractivity contribution is -0.164. The molecule has 1 fully saturated rings. The first-order valence-corrected chi connectivity index (χ1v) is 17.2. The molecular formula is C14H34O5Si3. The summed E-state index contributed by atoms with van der Waals surface area (Å²) >= 11 is 0. The number of ether oxygens (including phenoxy) is 1. The minimum Gasteiger partial charge on any atom is -0.417 e. The molecule has 1 saturated heterocycles. The summed E-state index contributed by atoms with van der Waals surface area (Å²) in [5, 5.41) is 0. The van der Waals surface area contributed by atoms with Crippen LogP contribution in [0.3, 0.4) is 0 Å². The molecule has 0 bridgehead atoms. The van der Waals surface area contributed by atoms with Gasteiger partial charge in [0.2, 0.25) is 15.7 Å². The Labute approximate surface area is 138 Å². The van der Waals surface area contributed by atoms with Crippen LogP contribution in [-0.4, -0.2) is 57.5 Å². The van der Waals surface area contributed by atoms with Gasteiger partial charge in [-0.2, -0.15) is 0 Å². The highest BCUT2D eigenvalue weighted by Gasteiger charge is 2.76. The van der Waals surface area contributed by atoms with Gasteiger partial charge in [-0.25, -0.2) is 0 Å². The predicted octanol–water partition coefficient (Wildman–Crippen LogP) is 3.26. The second kappa shape index (κ2) is 7.56. The van der Waals surface area contributed by atoms with Crippen LogP contribution in [0.2, 0.25) is 25.2 Å². The average molecular weight is 367 g/mol. The van der Waals surface area contributed by atoms with Gasteiger partial charge in [0, 0.05) is 34.5 Å². The molecule has 0 amide bonds. The maximum atomic E-state index is 6.64. The fourth-order valence-electron chi connectivity index (χ4n) is 4.32. The van der Waals surface area contributed by atoms with E-state index in [1.165, 1.54) is 0 Å². The van der Waals surface area contributed by atoms with E-state index in [0.717, 1.165) is 31.4 Å². The summed E-state index contributed by atoms with van der Waals surface area (Å²) in [5.41, 5.74) is 0. The second-order valence-corrected chi connectivity index (χ2v) is 26.9. The molecule has 1 heterocycles. The molecule has 1 aliphatic rings. The summed E-state index contributed by atoms with van der Waals surface area (Å²) in [7, 11) is 0.109. The standard InChI is InChI=1S/C14H34O5Si3/c1-9-11-14(15-3)13-21(16-4,12-10-2)22(17-5,18-6)20(7,8)19-14/h9-13H2,1-8H3. The van der Waals surface area contributed by atoms with Crippen LogP contribution < -0.4 is 0 Å². The molecule has 132 valence electrons. The van der Waals surface area contributed by atoms with Crippen molar-refractivity contribution in [2.45, 2.75) is 64.1 Å². The molecule has 22 heavy (non-hydrogen) atoms. The Bertz CT molecular complexity index is 364. The van der Waals surface area contributed by atoms with Crippen LogP contribution in [-0.2, 0) is 22.4 Å². The van der Waals surface area contributed by atoms with E-state index in [-0.39, 0.29) is 0 Å². The first kappa shape index (κ1) is 20.5. The number of hydrogen-bond donors (Lipinski definition) is 0. The van der Waals surface area contributed by atoms with Crippen LogP contribution in [0.15, 0.2) is 0 Å². The Balaban J connectivity index is 3.47. The number of rotatable bonds is 8. The molecule has 0 aliphatic carbocycles. The van der Waals surface area contributed by atoms with Gasteiger partial charge < -0.3 is 22.4 Å². The van der Waals surface area contributed by atoms with Crippen molar-refractivity contribution in [3.05, 3.63) is 0 Å². The zero-order valence-electron chi connectivity index (χ0n) is 15.6. The highest BCUT2D eigenvalue weighted by molar-refractivity contribution is 7.63. The van der Waals surface area contributed by atoms with Crippen molar-refractivity contribution in [2.24, 2.45) is 0 Å². The van der Waals surface area contributed by atoms with Crippen LogP contribution in [0, 0.1) is 0 Å². The van der Waals surface area contributed by atoms with Gasteiger partial charge in [-0.15, -0.1) is 0 Å². The molecule has 0 radical (unpaired) electrons. The van der Waals surface area contributed by atoms with Gasteiger partial charge >= 0.3 is 7.60 Å². The Kier molecular flexibility index (Phi) is 7.04. The topological polar surface area (TPSA) is 46.2 Å². The largest absolute Gasteiger partial charge is 0.417 e. The fourth-order valence-corrected chi connectivity index (χ4v) is 38.9. The van der Waals surface area contributed by atoms with E-state index in [4.69, 9.17) is 22.4 Å². The van der Waals surface area contributed by atoms with Crippen LogP contribution in [0.4, 0.5) is 0 Å². The molecule has 1 aliphatic heterocycles. The summed E-state index contributed by atoms with van der Waals surface area (Å²) in [5.74, 6) is -0.532. The molecule has 0 aromatic carbocycles. The predicted molar refractivity (Wildman–Crippen MR) is 95.7 cm³/mol. The lowest BCUT2D eigenvalue weighted by Crippen LogP contribution is -2.86. The second-order valence-electron chi connectivity index (χ2n) is 6.63. The smallest absolute Gasteiger partial charge is 0.360 e. The van der Waals surface area contributed by atoms with Gasteiger partial charge in [-0.1, -0.05) is 26.7 Å². The Hall–Kier alpha value is 0.451. The quantitative estimate of drug-likeness (QED) is 0.617. The molecule has 5 nitrogen and oxygen atoms in total. The Morgan fingerprint density at radius 3 is 1.91 bits per heavy atom. The molecule has 0 spiro atoms. The molecular weight excluding hydrogens is 332 g/mol. The van der Waals surface area contributed by atoms with E-state index in [0.29, 0.717) is 0 Å². The van der Waals surface area contributed by atoms with Gasteiger partial charge in [0.1, 0.15) is 0 Å². The maximum Gasteiger partial charge on any atom is 0.360 e. The van der Waals surface area contributed by atoms with Crippen molar-refractivity contribution in [3.8, 4) is 0 Å². The molecule has 1 rings (SSSR count). The monoisotopic (exact) mass is 366 g/mol. The minimum atomic E-state index is -2.54. The van der Waals surface area contributed by atoms with Crippen LogP contribution in [0.25, 0.3) is 0 Å². The first-order chi connectivity index (χ1) is 10.3. The van der Waals surface area contributed by atoms with Crippen molar-refractivity contribution in [1.82, 2.24) is 0 Å². The third-order valence-corrected chi connectivity index (χ3v) is 35.5. The lowest BCUT2D eigenvalue weighted by Gasteiger charge is -2.58. The molecule has 8 heteroatoms. The fraction of sp³-hybridized carbons (Fsp3) is 1.00. The summed E-state index contributed by atoms with van der Waals surface area (Å²) in [6.45, 7) is 8.80. The zero-order valence-corrected chi connectivity index (χ0v) is 18.6. The van der Waals surface area contributed by atoms with E-state index in [1.54, 1.807) is 21.3 Å². The average Bonchev–Trinajstić information content (AvgIpc) is 2.47. The Morgan fingerprint density at radius 2 is 1.55 bits per heavy atom. The molecule has 2 atom stereocenters. The van der Waals surface area contributed by atoms with Crippen LogP contribution in [0.5, 0.6) is 0 Å². The minimum absolute atomic E-state index is 0.532. The normalized spacial score (nSPS) is 33.8. The molecule has 0 saturated carbocycles. The van der Waals surface area contributed by atoms with Crippen molar-refractivity contribution in [2.75, 3.05) is 28.4 Å². The third kappa shape index (κ3) is 3.04. The molecule has 0 aromatic heterocycles. The van der Waals surface area contributed by atoms with Crippen molar-refractivity contribution in [3.63, 3.8) is 0 Å². The van der Waals surface area contributed by atoms with Gasteiger partial charge in [-0.3, -0.25) is 0 Å². The highest BCUT2D eigenvalue weighted by Crippen LogP contribution is 2.48. The van der Waals surface area contributed by atoms with E-state index in [9.17, 15) is 0 Å². The molecule has 2 unspecified atom stereocenters. The van der Waals surface area contributed by atoms with E-state index < -0.39 is 29.1 Å². The summed E-state index contributed by atoms with van der Waals surface area (Å²) in [4.78, 5) is 0. The van der Waals surface area contributed by atoms with Crippen molar-refractivity contribution < 1.29 is 22.4 Å². The molecule has 0 N–H and O–H groups in total. The SMILES string of the molecule is CCCC1(OC)C[Si](CCC)(OC)[Si](OC)(OC)[Si](C)(C)O1. The van der Waals surface area contributed by atoms with Crippen LogP contribution >= 0.6 is 0 Å². The van der Waals surface area contributed by atoms with E-state index >= 15 is 0 Å². The van der Waals surface area contributed by atoms with E-state index in [1.807, 2.05) is 7.11 Å². The van der Waals surface area contributed by atoms with Gasteiger partial charge in [0.15, 0.2) is 5.79 Å². The lowest BCUT2D eigenvalue weighted by atomic mass is 10.2. The highest BCUT2D eigenvalue weighted by atomic mass is 29.7. The number of hydrogen-bond acceptors (Lipinski definition) is 5. The zero-order chi connectivity index (χ0) is 17.1. The van der Waals surface area contributed by atoms with Crippen molar-refractivity contribution in [1.29, 1.82) is 0 Å². The van der Waals surface area contributed by atoms with Gasteiger partial charge in [0.25, 0.3) is 0 Å². The van der Waals surface area contributed by atoms with Crippen molar-refractivity contribution >= 4 is 23.3 Å². The number of methoxy groups -OCH3 is 1.